The van der Waals surface area contributed by atoms with Gasteiger partial charge in [0.2, 0.25) is 0 Å². The monoisotopic (exact) mass is 794 g/mol. The summed E-state index contributed by atoms with van der Waals surface area (Å²) in [5.41, 5.74) is 14.1. The molecule has 10 aromatic carbocycles. The van der Waals surface area contributed by atoms with Crippen molar-refractivity contribution in [2.45, 2.75) is 0 Å². The number of nitrogens with zero attached hydrogens (tertiary/aromatic N) is 2. The minimum absolute atomic E-state index is 1.09. The first-order valence-electron chi connectivity index (χ1n) is 20.8. The van der Waals surface area contributed by atoms with E-state index in [1.54, 1.807) is 0 Å². The van der Waals surface area contributed by atoms with Crippen molar-refractivity contribution >= 4 is 81.1 Å². The normalized spacial score (nSPS) is 11.6. The zero-order chi connectivity index (χ0) is 40.3. The van der Waals surface area contributed by atoms with Crippen molar-refractivity contribution in [1.82, 2.24) is 4.57 Å². The molecule has 0 bridgehead atoms. The van der Waals surface area contributed by atoms with Crippen molar-refractivity contribution in [2.75, 3.05) is 4.90 Å². The lowest BCUT2D eigenvalue weighted by Crippen LogP contribution is -2.11. The molecule has 12 rings (SSSR count). The molecule has 2 aromatic heterocycles. The molecule has 0 saturated carbocycles. The van der Waals surface area contributed by atoms with E-state index in [1.807, 2.05) is 11.3 Å². The van der Waals surface area contributed by atoms with Gasteiger partial charge in [-0.1, -0.05) is 176 Å². The first-order valence-corrected chi connectivity index (χ1v) is 21.7. The maximum absolute atomic E-state index is 2.44. The fourth-order valence-electron chi connectivity index (χ4n) is 9.33. The van der Waals surface area contributed by atoms with Gasteiger partial charge in [0.1, 0.15) is 0 Å². The Labute approximate surface area is 358 Å². The van der Waals surface area contributed by atoms with Gasteiger partial charge in [-0.3, -0.25) is 0 Å². The second-order valence-electron chi connectivity index (χ2n) is 15.7. The van der Waals surface area contributed by atoms with Gasteiger partial charge in [0.25, 0.3) is 0 Å². The van der Waals surface area contributed by atoms with E-state index in [0.717, 1.165) is 22.7 Å². The Morgan fingerprint density at radius 3 is 1.75 bits per heavy atom. The Morgan fingerprint density at radius 2 is 0.951 bits per heavy atom. The number of anilines is 3. The lowest BCUT2D eigenvalue weighted by atomic mass is 9.99. The van der Waals surface area contributed by atoms with Crippen molar-refractivity contribution in [3.63, 3.8) is 0 Å². The number of rotatable bonds is 7. The molecule has 0 spiro atoms. The van der Waals surface area contributed by atoms with E-state index in [-0.39, 0.29) is 0 Å². The zero-order valence-corrected chi connectivity index (χ0v) is 34.1. The lowest BCUT2D eigenvalue weighted by molar-refractivity contribution is 1.19. The highest BCUT2D eigenvalue weighted by molar-refractivity contribution is 7.26. The van der Waals surface area contributed by atoms with Crippen LogP contribution >= 0.6 is 11.3 Å². The molecule has 286 valence electrons. The standard InChI is InChI=1S/C58H38N2S/c1-3-14-40(15-4-1)47-19-9-11-24-54(47)59(46-34-28-42(29-35-46)49-22-13-23-53-51-21-10-12-25-56(51)61-58(49)53)45-32-26-39(27-33-45)43-31-36-50-52-37-30-41-16-7-8-20-48(41)57(52)60(55(50)38-43)44-17-5-2-6-18-44/h1-38H. The summed E-state index contributed by atoms with van der Waals surface area (Å²) in [5, 5.41) is 7.65. The van der Waals surface area contributed by atoms with Crippen molar-refractivity contribution in [2.24, 2.45) is 0 Å². The van der Waals surface area contributed by atoms with Crippen molar-refractivity contribution in [3.05, 3.63) is 231 Å². The molecule has 0 unspecified atom stereocenters. The molecular weight excluding hydrogens is 757 g/mol. The predicted octanol–water partition coefficient (Wildman–Crippen LogP) is 16.8. The molecule has 0 N–H and O–H groups in total. The van der Waals surface area contributed by atoms with Crippen LogP contribution in [0, 0.1) is 0 Å². The summed E-state index contributed by atoms with van der Waals surface area (Å²) in [6, 6.07) is 84.0. The van der Waals surface area contributed by atoms with Crippen LogP contribution in [0.15, 0.2) is 231 Å². The molecule has 0 atom stereocenters. The molecule has 0 amide bonds. The third-order valence-corrected chi connectivity index (χ3v) is 13.4. The SMILES string of the molecule is c1ccc(-c2ccccc2N(c2ccc(-c3ccc4c5ccc6ccccc6c5n(-c5ccccc5)c4c3)cc2)c2ccc(-c3cccc4c3sc3ccccc34)cc2)cc1. The van der Waals surface area contributed by atoms with Crippen molar-refractivity contribution in [1.29, 1.82) is 0 Å². The van der Waals surface area contributed by atoms with Gasteiger partial charge >= 0.3 is 0 Å². The molecule has 0 saturated heterocycles. The molecule has 0 fully saturated rings. The van der Waals surface area contributed by atoms with Crippen LogP contribution in [-0.2, 0) is 0 Å². The van der Waals surface area contributed by atoms with Gasteiger partial charge in [-0.05, 0) is 87.8 Å². The van der Waals surface area contributed by atoms with E-state index < -0.39 is 0 Å². The predicted molar refractivity (Wildman–Crippen MR) is 262 cm³/mol. The summed E-state index contributed by atoms with van der Waals surface area (Å²) in [6.45, 7) is 0. The molecule has 0 aliphatic rings. The van der Waals surface area contributed by atoms with Gasteiger partial charge in [0.05, 0.1) is 16.7 Å². The first-order chi connectivity index (χ1) is 30.3. The summed E-state index contributed by atoms with van der Waals surface area (Å²) in [6.07, 6.45) is 0. The van der Waals surface area contributed by atoms with Crippen LogP contribution in [0.1, 0.15) is 0 Å². The average Bonchev–Trinajstić information content (AvgIpc) is 3.89. The number of thiophene rings is 1. The van der Waals surface area contributed by atoms with Gasteiger partial charge in [-0.25, -0.2) is 0 Å². The fourth-order valence-corrected chi connectivity index (χ4v) is 10.6. The van der Waals surface area contributed by atoms with Crippen LogP contribution in [0.3, 0.4) is 0 Å². The number of aromatic nitrogens is 1. The summed E-state index contributed by atoms with van der Waals surface area (Å²) in [5.74, 6) is 0. The Morgan fingerprint density at radius 1 is 0.361 bits per heavy atom. The third kappa shape index (κ3) is 5.93. The number of hydrogen-bond donors (Lipinski definition) is 0. The van der Waals surface area contributed by atoms with Gasteiger partial charge in [-0.2, -0.15) is 0 Å². The Bertz CT molecular complexity index is 3560. The molecule has 2 heterocycles. The largest absolute Gasteiger partial charge is 0.310 e. The van der Waals surface area contributed by atoms with E-state index in [0.29, 0.717) is 0 Å². The van der Waals surface area contributed by atoms with Crippen molar-refractivity contribution in [3.8, 4) is 39.1 Å². The molecule has 0 radical (unpaired) electrons. The van der Waals surface area contributed by atoms with Crippen LogP contribution in [0.4, 0.5) is 17.1 Å². The van der Waals surface area contributed by atoms with E-state index in [4.69, 9.17) is 0 Å². The van der Waals surface area contributed by atoms with Crippen LogP contribution in [0.2, 0.25) is 0 Å². The highest BCUT2D eigenvalue weighted by atomic mass is 32.1. The minimum Gasteiger partial charge on any atom is -0.310 e. The Balaban J connectivity index is 0.981. The highest BCUT2D eigenvalue weighted by Gasteiger charge is 2.20. The van der Waals surface area contributed by atoms with Crippen LogP contribution in [0.25, 0.3) is 91.8 Å². The second-order valence-corrected chi connectivity index (χ2v) is 16.7. The van der Waals surface area contributed by atoms with Gasteiger partial charge in [0, 0.05) is 59.0 Å². The highest BCUT2D eigenvalue weighted by Crippen LogP contribution is 2.44. The second kappa shape index (κ2) is 14.5. The molecule has 12 aromatic rings. The van der Waals surface area contributed by atoms with Crippen LogP contribution < -0.4 is 4.90 Å². The smallest absolute Gasteiger partial charge is 0.0619 e. The lowest BCUT2D eigenvalue weighted by Gasteiger charge is -2.28. The molecule has 0 aliphatic heterocycles. The van der Waals surface area contributed by atoms with E-state index >= 15 is 0 Å². The fraction of sp³-hybridized carbons (Fsp3) is 0. The molecule has 0 aliphatic carbocycles. The van der Waals surface area contributed by atoms with E-state index in [2.05, 4.69) is 240 Å². The summed E-state index contributed by atoms with van der Waals surface area (Å²) in [7, 11) is 0. The Kier molecular flexibility index (Phi) is 8.39. The summed E-state index contributed by atoms with van der Waals surface area (Å²) < 4.78 is 5.09. The number of hydrogen-bond acceptors (Lipinski definition) is 2. The summed E-state index contributed by atoms with van der Waals surface area (Å²) >= 11 is 1.88. The van der Waals surface area contributed by atoms with Gasteiger partial charge < -0.3 is 9.47 Å². The van der Waals surface area contributed by atoms with Gasteiger partial charge in [0.15, 0.2) is 0 Å². The van der Waals surface area contributed by atoms with Gasteiger partial charge in [-0.15, -0.1) is 11.3 Å². The quantitative estimate of drug-likeness (QED) is 0.156. The van der Waals surface area contributed by atoms with E-state index in [9.17, 15) is 0 Å². The minimum atomic E-state index is 1.09. The number of para-hydroxylation sites is 2. The maximum Gasteiger partial charge on any atom is 0.0619 e. The maximum atomic E-state index is 2.44. The first kappa shape index (κ1) is 35.2. The number of fused-ring (bicyclic) bond motifs is 8. The summed E-state index contributed by atoms with van der Waals surface area (Å²) in [4.78, 5) is 2.40. The van der Waals surface area contributed by atoms with Crippen LogP contribution in [-0.4, -0.2) is 4.57 Å². The zero-order valence-electron chi connectivity index (χ0n) is 33.2. The molecule has 3 heteroatoms. The van der Waals surface area contributed by atoms with Crippen molar-refractivity contribution < 1.29 is 0 Å². The number of benzene rings is 10. The molecule has 2 nitrogen and oxygen atoms in total. The topological polar surface area (TPSA) is 8.17 Å². The van der Waals surface area contributed by atoms with Crippen LogP contribution in [0.5, 0.6) is 0 Å². The Hall–Kier alpha value is -7.72. The molecular formula is C58H38N2S. The average molecular weight is 795 g/mol. The molecule has 61 heavy (non-hydrogen) atoms. The third-order valence-electron chi connectivity index (χ3n) is 12.2. The van der Waals surface area contributed by atoms with E-state index in [1.165, 1.54) is 86.1 Å².